The maximum atomic E-state index is 12.3. The predicted molar refractivity (Wildman–Crippen MR) is 116 cm³/mol. The first kappa shape index (κ1) is 23.3. The largest absolute Gasteiger partial charge is 0.486 e. The Labute approximate surface area is 188 Å². The van der Waals surface area contributed by atoms with Gasteiger partial charge >= 0.3 is 11.9 Å². The number of ketones is 1. The highest BCUT2D eigenvalue weighted by molar-refractivity contribution is 7.18. The van der Waals surface area contributed by atoms with E-state index in [-0.39, 0.29) is 25.2 Å². The molecule has 1 aliphatic heterocycles. The molecule has 170 valence electrons. The van der Waals surface area contributed by atoms with Crippen LogP contribution in [-0.4, -0.2) is 50.1 Å². The Hall–Kier alpha value is -3.40. The van der Waals surface area contributed by atoms with Gasteiger partial charge in [-0.25, -0.2) is 4.79 Å². The number of esters is 2. The van der Waals surface area contributed by atoms with Crippen LogP contribution in [0, 0.1) is 6.92 Å². The topological polar surface area (TPSA) is 117 Å². The molecular formula is C22H23NO8S. The molecule has 0 fully saturated rings. The summed E-state index contributed by atoms with van der Waals surface area (Å²) in [6, 6.07) is 6.50. The summed E-state index contributed by atoms with van der Waals surface area (Å²) in [6.45, 7) is 4.07. The first-order valence-corrected chi connectivity index (χ1v) is 10.8. The van der Waals surface area contributed by atoms with Crippen LogP contribution < -0.4 is 14.8 Å². The van der Waals surface area contributed by atoms with Crippen molar-refractivity contribution in [2.45, 2.75) is 26.7 Å². The normalized spacial score (nSPS) is 12.1. The number of amides is 1. The first-order valence-electron chi connectivity index (χ1n) is 10.0. The minimum atomic E-state index is -0.666. The van der Waals surface area contributed by atoms with Crippen LogP contribution in [0.1, 0.15) is 45.4 Å². The third kappa shape index (κ3) is 6.07. The van der Waals surface area contributed by atoms with Gasteiger partial charge in [-0.1, -0.05) is 0 Å². The molecule has 0 saturated heterocycles. The molecule has 9 nitrogen and oxygen atoms in total. The van der Waals surface area contributed by atoms with Crippen molar-refractivity contribution < 1.29 is 38.1 Å². The average Bonchev–Trinajstić information content (AvgIpc) is 3.15. The molecule has 1 N–H and O–H groups in total. The van der Waals surface area contributed by atoms with Crippen molar-refractivity contribution in [3.8, 4) is 11.5 Å². The zero-order chi connectivity index (χ0) is 23.1. The van der Waals surface area contributed by atoms with Crippen LogP contribution in [0.5, 0.6) is 11.5 Å². The molecule has 10 heteroatoms. The third-order valence-corrected chi connectivity index (χ3v) is 5.56. The van der Waals surface area contributed by atoms with Crippen molar-refractivity contribution >= 4 is 40.0 Å². The lowest BCUT2D eigenvalue weighted by Crippen LogP contribution is -2.20. The highest BCUT2D eigenvalue weighted by Crippen LogP contribution is 2.31. The number of hydrogen-bond acceptors (Lipinski definition) is 9. The van der Waals surface area contributed by atoms with E-state index in [1.54, 1.807) is 38.1 Å². The molecule has 0 atom stereocenters. The zero-order valence-electron chi connectivity index (χ0n) is 17.7. The van der Waals surface area contributed by atoms with Gasteiger partial charge in [0.1, 0.15) is 18.1 Å². The summed E-state index contributed by atoms with van der Waals surface area (Å²) in [5.74, 6) is -0.841. The number of aryl methyl sites for hydroxylation is 1. The Kier molecular flexibility index (Phi) is 7.82. The van der Waals surface area contributed by atoms with Crippen molar-refractivity contribution in [1.29, 1.82) is 0 Å². The molecule has 3 rings (SSSR count). The Balaban J connectivity index is 1.43. The van der Waals surface area contributed by atoms with Crippen LogP contribution in [0.2, 0.25) is 0 Å². The second kappa shape index (κ2) is 10.8. The quantitative estimate of drug-likeness (QED) is 0.447. The zero-order valence-corrected chi connectivity index (χ0v) is 18.5. The van der Waals surface area contributed by atoms with E-state index in [1.165, 1.54) is 0 Å². The lowest BCUT2D eigenvalue weighted by Gasteiger charge is -2.18. The van der Waals surface area contributed by atoms with Gasteiger partial charge in [-0.05, 0) is 43.7 Å². The third-order valence-electron chi connectivity index (χ3n) is 4.43. The maximum absolute atomic E-state index is 12.3. The van der Waals surface area contributed by atoms with Crippen molar-refractivity contribution in [3.05, 3.63) is 40.3 Å². The number of anilines is 1. The van der Waals surface area contributed by atoms with E-state index < -0.39 is 24.5 Å². The monoisotopic (exact) mass is 461 g/mol. The summed E-state index contributed by atoms with van der Waals surface area (Å²) >= 11 is 1.08. The Bertz CT molecular complexity index is 1030. The molecule has 0 radical (unpaired) electrons. The number of hydrogen-bond donors (Lipinski definition) is 1. The Morgan fingerprint density at radius 1 is 1.03 bits per heavy atom. The summed E-state index contributed by atoms with van der Waals surface area (Å²) < 4.78 is 20.8. The lowest BCUT2D eigenvalue weighted by molar-refractivity contribution is -0.147. The molecule has 0 spiro atoms. The van der Waals surface area contributed by atoms with E-state index in [1.807, 2.05) is 0 Å². The van der Waals surface area contributed by atoms with E-state index in [0.717, 1.165) is 11.3 Å². The number of thiophene rings is 1. The fourth-order valence-corrected chi connectivity index (χ4v) is 3.89. The van der Waals surface area contributed by atoms with E-state index in [2.05, 4.69) is 5.32 Å². The number of nitrogens with one attached hydrogen (secondary N) is 1. The number of ether oxygens (including phenoxy) is 4. The van der Waals surface area contributed by atoms with Crippen LogP contribution in [0.4, 0.5) is 5.00 Å². The molecular weight excluding hydrogens is 438 g/mol. The van der Waals surface area contributed by atoms with Gasteiger partial charge in [0.25, 0.3) is 5.91 Å². The lowest BCUT2D eigenvalue weighted by atomic mass is 10.1. The Morgan fingerprint density at radius 3 is 2.53 bits per heavy atom. The highest BCUT2D eigenvalue weighted by Gasteiger charge is 2.18. The molecule has 2 heterocycles. The minimum absolute atomic E-state index is 0.0624. The van der Waals surface area contributed by atoms with Crippen molar-refractivity contribution in [2.24, 2.45) is 0 Å². The number of carbonyl (C=O) groups excluding carboxylic acids is 4. The summed E-state index contributed by atoms with van der Waals surface area (Å²) in [5, 5.41) is 3.02. The van der Waals surface area contributed by atoms with Gasteiger partial charge in [0.05, 0.1) is 18.0 Å². The minimum Gasteiger partial charge on any atom is -0.486 e. The Morgan fingerprint density at radius 2 is 1.78 bits per heavy atom. The maximum Gasteiger partial charge on any atom is 0.348 e. The molecule has 1 aliphatic rings. The van der Waals surface area contributed by atoms with Gasteiger partial charge in [-0.2, -0.15) is 0 Å². The summed E-state index contributed by atoms with van der Waals surface area (Å²) in [7, 11) is 0. The van der Waals surface area contributed by atoms with Crippen molar-refractivity contribution in [1.82, 2.24) is 0 Å². The van der Waals surface area contributed by atoms with Gasteiger partial charge < -0.3 is 24.3 Å². The number of fused-ring (bicyclic) bond motifs is 1. The van der Waals surface area contributed by atoms with E-state index in [9.17, 15) is 19.2 Å². The smallest absolute Gasteiger partial charge is 0.348 e. The fourth-order valence-electron chi connectivity index (χ4n) is 2.91. The van der Waals surface area contributed by atoms with E-state index >= 15 is 0 Å². The fraction of sp³-hybridized carbons (Fsp3) is 0.364. The molecule has 0 bridgehead atoms. The molecule has 0 unspecified atom stereocenters. The second-order valence-corrected chi connectivity index (χ2v) is 7.89. The molecule has 0 aliphatic carbocycles. The predicted octanol–water partition coefficient (Wildman–Crippen LogP) is 3.15. The molecule has 32 heavy (non-hydrogen) atoms. The average molecular weight is 461 g/mol. The van der Waals surface area contributed by atoms with Crippen LogP contribution in [-0.2, 0) is 19.1 Å². The SMILES string of the molecule is CCOC(=O)c1sc(NC(=O)COC(=O)CCC(=O)c2ccc3c(c2)OCCO3)cc1C. The number of carbonyl (C=O) groups is 4. The van der Waals surface area contributed by atoms with Crippen LogP contribution in [0.3, 0.4) is 0 Å². The summed E-state index contributed by atoms with van der Waals surface area (Å²) in [6.07, 6.45) is -0.223. The van der Waals surface area contributed by atoms with Crippen LogP contribution in [0.25, 0.3) is 0 Å². The number of Topliss-reactive ketones (excluding diaryl/α,β-unsaturated/α-hetero) is 1. The van der Waals surface area contributed by atoms with Gasteiger partial charge in [0, 0.05) is 12.0 Å². The second-order valence-electron chi connectivity index (χ2n) is 6.83. The highest BCUT2D eigenvalue weighted by atomic mass is 32.1. The standard InChI is InChI=1S/C22H23NO8S/c1-3-28-22(27)21-13(2)10-19(32-21)23-18(25)12-31-20(26)7-5-15(24)14-4-6-16-17(11-14)30-9-8-29-16/h4,6,10-11H,3,5,7-9,12H2,1-2H3,(H,23,25). The molecule has 2 aromatic rings. The molecule has 1 aromatic carbocycles. The van der Waals surface area contributed by atoms with Gasteiger partial charge in [0.15, 0.2) is 23.9 Å². The number of rotatable bonds is 9. The van der Waals surface area contributed by atoms with Crippen molar-refractivity contribution in [2.75, 3.05) is 31.7 Å². The van der Waals surface area contributed by atoms with Gasteiger partial charge in [0.2, 0.25) is 0 Å². The molecule has 1 amide bonds. The molecule has 0 saturated carbocycles. The van der Waals surface area contributed by atoms with Crippen LogP contribution in [0.15, 0.2) is 24.3 Å². The number of benzene rings is 1. The van der Waals surface area contributed by atoms with E-state index in [0.29, 0.717) is 45.7 Å². The first-order chi connectivity index (χ1) is 15.4. The summed E-state index contributed by atoms with van der Waals surface area (Å²) in [4.78, 5) is 48.5. The van der Waals surface area contributed by atoms with E-state index in [4.69, 9.17) is 18.9 Å². The summed E-state index contributed by atoms with van der Waals surface area (Å²) in [5.41, 5.74) is 1.09. The van der Waals surface area contributed by atoms with Crippen LogP contribution >= 0.6 is 11.3 Å². The van der Waals surface area contributed by atoms with Gasteiger partial charge in [-0.15, -0.1) is 11.3 Å². The van der Waals surface area contributed by atoms with Gasteiger partial charge in [-0.3, -0.25) is 14.4 Å². The van der Waals surface area contributed by atoms with Crippen molar-refractivity contribution in [3.63, 3.8) is 0 Å². The molecule has 1 aromatic heterocycles.